The maximum Gasteiger partial charge on any atom is 0.230 e. The van der Waals surface area contributed by atoms with Crippen molar-refractivity contribution < 1.29 is 9.18 Å². The highest BCUT2D eigenvalue weighted by molar-refractivity contribution is 7.99. The Bertz CT molecular complexity index is 600. The lowest BCUT2D eigenvalue weighted by atomic mass is 10.1. The van der Waals surface area contributed by atoms with E-state index in [1.165, 1.54) is 23.5 Å². The highest BCUT2D eigenvalue weighted by atomic mass is 35.5. The Hall–Kier alpha value is -1.04. The van der Waals surface area contributed by atoms with Crippen LogP contribution in [0, 0.1) is 5.82 Å². The van der Waals surface area contributed by atoms with E-state index in [-0.39, 0.29) is 17.8 Å². The number of rotatable bonds is 6. The third kappa shape index (κ3) is 5.34. The van der Waals surface area contributed by atoms with Crippen molar-refractivity contribution in [2.75, 3.05) is 5.75 Å². The van der Waals surface area contributed by atoms with Gasteiger partial charge in [-0.3, -0.25) is 4.79 Å². The van der Waals surface area contributed by atoms with Crippen molar-refractivity contribution in [3.8, 4) is 0 Å². The molecule has 1 N–H and O–H groups in total. The Morgan fingerprint density at radius 1 is 1.33 bits per heavy atom. The van der Waals surface area contributed by atoms with Crippen molar-refractivity contribution in [2.45, 2.75) is 18.7 Å². The Morgan fingerprint density at radius 2 is 2.05 bits per heavy atom. The predicted octanol–water partition coefficient (Wildman–Crippen LogP) is 4.65. The van der Waals surface area contributed by atoms with Crippen LogP contribution in [0.3, 0.4) is 0 Å². The molecule has 0 saturated carbocycles. The molecule has 2 rings (SSSR count). The fourth-order valence-electron chi connectivity index (χ4n) is 1.79. The number of amides is 1. The molecule has 0 saturated heterocycles. The highest BCUT2D eigenvalue weighted by Gasteiger charge is 2.10. The average Bonchev–Trinajstić information content (AvgIpc) is 2.85. The van der Waals surface area contributed by atoms with E-state index in [4.69, 9.17) is 11.6 Å². The zero-order valence-corrected chi connectivity index (χ0v) is 13.8. The molecule has 1 amide bonds. The van der Waals surface area contributed by atoms with Crippen molar-refractivity contribution in [1.82, 2.24) is 5.32 Å². The van der Waals surface area contributed by atoms with E-state index in [1.54, 1.807) is 23.9 Å². The topological polar surface area (TPSA) is 29.1 Å². The molecule has 1 aromatic heterocycles. The summed E-state index contributed by atoms with van der Waals surface area (Å²) < 4.78 is 13.6. The Balaban J connectivity index is 1.75. The second-order valence-electron chi connectivity index (χ2n) is 4.54. The normalized spacial score (nSPS) is 12.1. The number of thioether (sulfide) groups is 1. The van der Waals surface area contributed by atoms with Crippen LogP contribution in [0.5, 0.6) is 0 Å². The number of halogens is 2. The van der Waals surface area contributed by atoms with Gasteiger partial charge in [0.25, 0.3) is 0 Å². The summed E-state index contributed by atoms with van der Waals surface area (Å²) in [5, 5.41) is 2.90. The first-order chi connectivity index (χ1) is 10.0. The number of benzene rings is 1. The summed E-state index contributed by atoms with van der Waals surface area (Å²) in [5.74, 6) is 0.860. The first-order valence-corrected chi connectivity index (χ1v) is 8.76. The van der Waals surface area contributed by atoms with Crippen LogP contribution in [-0.2, 0) is 10.5 Å². The van der Waals surface area contributed by atoms with Gasteiger partial charge in [0.05, 0.1) is 16.1 Å². The number of thiophene rings is 1. The summed E-state index contributed by atoms with van der Waals surface area (Å²) in [7, 11) is 0. The molecule has 2 aromatic rings. The molecule has 2 nitrogen and oxygen atoms in total. The fraction of sp³-hybridized carbons (Fsp3) is 0.267. The third-order valence-corrected chi connectivity index (χ3v) is 5.25. The minimum atomic E-state index is -0.276. The fourth-order valence-corrected chi connectivity index (χ4v) is 3.83. The molecule has 0 bridgehead atoms. The van der Waals surface area contributed by atoms with Gasteiger partial charge < -0.3 is 5.32 Å². The third-order valence-electron chi connectivity index (χ3n) is 2.85. The van der Waals surface area contributed by atoms with Gasteiger partial charge in [-0.1, -0.05) is 23.7 Å². The first-order valence-electron chi connectivity index (χ1n) is 6.41. The molecular weight excluding hydrogens is 329 g/mol. The van der Waals surface area contributed by atoms with E-state index in [9.17, 15) is 9.18 Å². The quantitative estimate of drug-likeness (QED) is 0.827. The molecule has 112 valence electrons. The molecule has 0 aliphatic heterocycles. The van der Waals surface area contributed by atoms with E-state index in [0.717, 1.165) is 20.5 Å². The molecule has 0 aliphatic carbocycles. The molecule has 0 unspecified atom stereocenters. The highest BCUT2D eigenvalue weighted by Crippen LogP contribution is 2.25. The Morgan fingerprint density at radius 3 is 2.67 bits per heavy atom. The Kier molecular flexibility index (Phi) is 6.08. The largest absolute Gasteiger partial charge is 0.349 e. The molecule has 0 fully saturated rings. The average molecular weight is 344 g/mol. The van der Waals surface area contributed by atoms with Crippen LogP contribution in [0.4, 0.5) is 4.39 Å². The van der Waals surface area contributed by atoms with Crippen LogP contribution in [0.1, 0.15) is 23.4 Å². The van der Waals surface area contributed by atoms with Crippen LogP contribution >= 0.6 is 34.7 Å². The smallest absolute Gasteiger partial charge is 0.230 e. The van der Waals surface area contributed by atoms with E-state index in [2.05, 4.69) is 5.32 Å². The summed E-state index contributed by atoms with van der Waals surface area (Å²) in [6.45, 7) is 1.88. The monoisotopic (exact) mass is 343 g/mol. The summed E-state index contributed by atoms with van der Waals surface area (Å²) in [6, 6.07) is 9.86. The lowest BCUT2D eigenvalue weighted by molar-refractivity contribution is -0.119. The molecule has 0 radical (unpaired) electrons. The molecular formula is C15H15ClFNOS2. The molecule has 21 heavy (non-hydrogen) atoms. The summed E-state index contributed by atoms with van der Waals surface area (Å²) in [4.78, 5) is 13.0. The number of hydrogen-bond donors (Lipinski definition) is 1. The first kappa shape index (κ1) is 16.3. The van der Waals surface area contributed by atoms with Gasteiger partial charge in [-0.25, -0.2) is 4.39 Å². The van der Waals surface area contributed by atoms with Crippen LogP contribution in [-0.4, -0.2) is 11.7 Å². The summed E-state index contributed by atoms with van der Waals surface area (Å²) in [5.41, 5.74) is 0.889. The van der Waals surface area contributed by atoms with Crippen molar-refractivity contribution >= 4 is 40.6 Å². The minimum absolute atomic E-state index is 0.0283. The van der Waals surface area contributed by atoms with Crippen molar-refractivity contribution in [1.29, 1.82) is 0 Å². The van der Waals surface area contributed by atoms with Crippen LogP contribution in [0.25, 0.3) is 0 Å². The maximum atomic E-state index is 12.8. The molecule has 1 heterocycles. The van der Waals surface area contributed by atoms with Gasteiger partial charge in [-0.15, -0.1) is 23.1 Å². The van der Waals surface area contributed by atoms with Crippen LogP contribution in [0.2, 0.25) is 4.34 Å². The molecule has 0 aliphatic rings. The zero-order valence-electron chi connectivity index (χ0n) is 11.4. The Labute approximate surface area is 136 Å². The minimum Gasteiger partial charge on any atom is -0.349 e. The standard InChI is InChI=1S/C15H15ClFNOS2/c1-10(11-2-4-12(17)5-3-11)18-15(19)9-20-8-13-6-7-14(16)21-13/h2-7,10H,8-9H2,1H3,(H,18,19)/t10-/m1/s1. The SMILES string of the molecule is C[C@@H](NC(=O)CSCc1ccc(Cl)s1)c1ccc(F)cc1. The van der Waals surface area contributed by atoms with Gasteiger partial charge in [0.1, 0.15) is 5.82 Å². The van der Waals surface area contributed by atoms with Gasteiger partial charge in [-0.05, 0) is 36.8 Å². The molecule has 1 aromatic carbocycles. The zero-order chi connectivity index (χ0) is 15.2. The summed E-state index contributed by atoms with van der Waals surface area (Å²) in [6.07, 6.45) is 0. The van der Waals surface area contributed by atoms with E-state index < -0.39 is 0 Å². The second-order valence-corrected chi connectivity index (χ2v) is 7.32. The van der Waals surface area contributed by atoms with Gasteiger partial charge in [0.2, 0.25) is 5.91 Å². The van der Waals surface area contributed by atoms with Crippen LogP contribution in [0.15, 0.2) is 36.4 Å². The lowest BCUT2D eigenvalue weighted by Crippen LogP contribution is -2.28. The number of hydrogen-bond acceptors (Lipinski definition) is 3. The van der Waals surface area contributed by atoms with E-state index in [0.29, 0.717) is 5.75 Å². The molecule has 0 spiro atoms. The van der Waals surface area contributed by atoms with Gasteiger partial charge >= 0.3 is 0 Å². The van der Waals surface area contributed by atoms with Gasteiger partial charge in [0.15, 0.2) is 0 Å². The van der Waals surface area contributed by atoms with Crippen LogP contribution < -0.4 is 5.32 Å². The summed E-state index contributed by atoms with van der Waals surface area (Å²) >= 11 is 8.93. The second kappa shape index (κ2) is 7.82. The van der Waals surface area contributed by atoms with Gasteiger partial charge in [0, 0.05) is 10.6 Å². The van der Waals surface area contributed by atoms with E-state index >= 15 is 0 Å². The predicted molar refractivity (Wildman–Crippen MR) is 88.4 cm³/mol. The maximum absolute atomic E-state index is 12.8. The van der Waals surface area contributed by atoms with Crippen molar-refractivity contribution in [3.63, 3.8) is 0 Å². The van der Waals surface area contributed by atoms with Gasteiger partial charge in [-0.2, -0.15) is 0 Å². The molecule has 1 atom stereocenters. The number of carbonyl (C=O) groups excluding carboxylic acids is 1. The number of nitrogens with one attached hydrogen (secondary N) is 1. The van der Waals surface area contributed by atoms with Crippen molar-refractivity contribution in [3.05, 3.63) is 57.0 Å². The van der Waals surface area contributed by atoms with E-state index in [1.807, 2.05) is 19.1 Å². The lowest BCUT2D eigenvalue weighted by Gasteiger charge is -2.14. The van der Waals surface area contributed by atoms with Crippen molar-refractivity contribution in [2.24, 2.45) is 0 Å². The number of carbonyl (C=O) groups is 1. The molecule has 6 heteroatoms.